The summed E-state index contributed by atoms with van der Waals surface area (Å²) in [7, 11) is -0.274. The van der Waals surface area contributed by atoms with E-state index in [1.807, 2.05) is 56.3 Å². The maximum atomic E-state index is 10.1. The van der Waals surface area contributed by atoms with Crippen LogP contribution in [0, 0.1) is 13.8 Å². The molecular formula is C20H19O2S+. The minimum Gasteiger partial charge on any atom is -0.508 e. The summed E-state index contributed by atoms with van der Waals surface area (Å²) in [6.07, 6.45) is 0. The molecule has 3 aromatic rings. The average molecular weight is 323 g/mol. The third-order valence-electron chi connectivity index (χ3n) is 3.75. The number of hydrogen-bond acceptors (Lipinski definition) is 2. The van der Waals surface area contributed by atoms with Gasteiger partial charge in [-0.05, 0) is 61.4 Å². The monoisotopic (exact) mass is 323 g/mol. The number of phenolic OH excluding ortho intramolecular Hbond substituents is 2. The molecule has 3 aromatic carbocycles. The maximum absolute atomic E-state index is 10.1. The molecular weight excluding hydrogens is 304 g/mol. The Hall–Kier alpha value is -2.39. The van der Waals surface area contributed by atoms with Gasteiger partial charge in [0.2, 0.25) is 0 Å². The molecule has 0 saturated carbocycles. The summed E-state index contributed by atoms with van der Waals surface area (Å²) >= 11 is 0. The summed E-state index contributed by atoms with van der Waals surface area (Å²) in [5, 5.41) is 19.6. The van der Waals surface area contributed by atoms with Crippen LogP contribution in [0.2, 0.25) is 0 Å². The molecule has 116 valence electrons. The van der Waals surface area contributed by atoms with Crippen molar-refractivity contribution in [3.8, 4) is 11.5 Å². The first kappa shape index (κ1) is 15.5. The first-order valence-electron chi connectivity index (χ1n) is 7.45. The van der Waals surface area contributed by atoms with Gasteiger partial charge in [0.1, 0.15) is 11.5 Å². The molecule has 0 fully saturated rings. The second-order valence-electron chi connectivity index (χ2n) is 5.52. The fraction of sp³-hybridized carbons (Fsp3) is 0.100. The van der Waals surface area contributed by atoms with Crippen molar-refractivity contribution in [2.24, 2.45) is 0 Å². The number of phenols is 2. The predicted octanol–water partition coefficient (Wildman–Crippen LogP) is 4.81. The van der Waals surface area contributed by atoms with Crippen molar-refractivity contribution in [3.63, 3.8) is 0 Å². The standard InChI is InChI=1S/C20H18O2S/c1-14-12-19(13-15(2)20(14)22)23(17-6-4-3-5-7-17)18-10-8-16(21)9-11-18/h3-13H,1-2H3,(H-,21,22)/p+1. The maximum Gasteiger partial charge on any atom is 0.167 e. The van der Waals surface area contributed by atoms with E-state index in [2.05, 4.69) is 12.1 Å². The highest BCUT2D eigenvalue weighted by atomic mass is 32.2. The van der Waals surface area contributed by atoms with Crippen LogP contribution in [0.3, 0.4) is 0 Å². The summed E-state index contributed by atoms with van der Waals surface area (Å²) < 4.78 is 0. The number of aryl methyl sites for hydroxylation is 2. The van der Waals surface area contributed by atoms with Gasteiger partial charge in [-0.3, -0.25) is 0 Å². The Bertz CT molecular complexity index is 788. The zero-order valence-electron chi connectivity index (χ0n) is 13.2. The van der Waals surface area contributed by atoms with Crippen LogP contribution >= 0.6 is 0 Å². The fourth-order valence-electron chi connectivity index (χ4n) is 2.58. The molecule has 0 heterocycles. The molecule has 3 heteroatoms. The van der Waals surface area contributed by atoms with E-state index in [1.54, 1.807) is 12.1 Å². The highest BCUT2D eigenvalue weighted by Crippen LogP contribution is 2.35. The molecule has 0 aromatic heterocycles. The Morgan fingerprint density at radius 2 is 1.17 bits per heavy atom. The first-order valence-corrected chi connectivity index (χ1v) is 8.67. The van der Waals surface area contributed by atoms with Crippen LogP contribution < -0.4 is 0 Å². The van der Waals surface area contributed by atoms with Crippen LogP contribution in [0.1, 0.15) is 11.1 Å². The van der Waals surface area contributed by atoms with Crippen molar-refractivity contribution in [1.29, 1.82) is 0 Å². The van der Waals surface area contributed by atoms with Gasteiger partial charge in [0.15, 0.2) is 14.7 Å². The van der Waals surface area contributed by atoms with Crippen molar-refractivity contribution in [2.45, 2.75) is 28.5 Å². The van der Waals surface area contributed by atoms with E-state index < -0.39 is 0 Å². The van der Waals surface area contributed by atoms with E-state index in [-0.39, 0.29) is 16.6 Å². The van der Waals surface area contributed by atoms with Crippen LogP contribution in [0.5, 0.6) is 11.5 Å². The van der Waals surface area contributed by atoms with Gasteiger partial charge in [0, 0.05) is 12.1 Å². The Morgan fingerprint density at radius 3 is 1.74 bits per heavy atom. The molecule has 0 spiro atoms. The minimum absolute atomic E-state index is 0.267. The van der Waals surface area contributed by atoms with Crippen LogP contribution in [0.25, 0.3) is 0 Å². The molecule has 23 heavy (non-hydrogen) atoms. The topological polar surface area (TPSA) is 40.5 Å². The lowest BCUT2D eigenvalue weighted by molar-refractivity contribution is 0.466. The third-order valence-corrected chi connectivity index (χ3v) is 5.95. The molecule has 1 unspecified atom stereocenters. The second-order valence-corrected chi connectivity index (χ2v) is 7.55. The molecule has 0 amide bonds. The number of benzene rings is 3. The normalized spacial score (nSPS) is 12.1. The second kappa shape index (κ2) is 6.39. The van der Waals surface area contributed by atoms with Crippen LogP contribution in [0.4, 0.5) is 0 Å². The number of hydrogen-bond donors (Lipinski definition) is 2. The van der Waals surface area contributed by atoms with Crippen LogP contribution in [0.15, 0.2) is 81.4 Å². The van der Waals surface area contributed by atoms with Crippen molar-refractivity contribution in [3.05, 3.63) is 77.9 Å². The third kappa shape index (κ3) is 3.20. The fourth-order valence-corrected chi connectivity index (χ4v) is 4.82. The van der Waals surface area contributed by atoms with Gasteiger partial charge < -0.3 is 10.2 Å². The molecule has 0 aliphatic carbocycles. The Morgan fingerprint density at radius 1 is 0.652 bits per heavy atom. The smallest absolute Gasteiger partial charge is 0.167 e. The lowest BCUT2D eigenvalue weighted by atomic mass is 10.1. The Kier molecular flexibility index (Phi) is 4.30. The zero-order valence-corrected chi connectivity index (χ0v) is 14.0. The van der Waals surface area contributed by atoms with Crippen molar-refractivity contribution in [1.82, 2.24) is 0 Å². The van der Waals surface area contributed by atoms with E-state index in [0.717, 1.165) is 20.9 Å². The van der Waals surface area contributed by atoms with Crippen molar-refractivity contribution < 1.29 is 10.2 Å². The molecule has 0 radical (unpaired) electrons. The van der Waals surface area contributed by atoms with Gasteiger partial charge in [-0.1, -0.05) is 18.2 Å². The summed E-state index contributed by atoms with van der Waals surface area (Å²) in [6, 6.07) is 21.8. The summed E-state index contributed by atoms with van der Waals surface area (Å²) in [6.45, 7) is 3.85. The van der Waals surface area contributed by atoms with Crippen molar-refractivity contribution >= 4 is 10.9 Å². The highest BCUT2D eigenvalue weighted by molar-refractivity contribution is 7.97. The SMILES string of the molecule is Cc1cc([S+](c2ccccc2)c2ccc(O)cc2)cc(C)c1O. The highest BCUT2D eigenvalue weighted by Gasteiger charge is 2.29. The molecule has 3 rings (SSSR count). The predicted molar refractivity (Wildman–Crippen MR) is 94.3 cm³/mol. The van der Waals surface area contributed by atoms with Gasteiger partial charge in [0.25, 0.3) is 0 Å². The molecule has 0 saturated heterocycles. The molecule has 2 N–H and O–H groups in total. The number of rotatable bonds is 3. The van der Waals surface area contributed by atoms with Gasteiger partial charge in [-0.2, -0.15) is 0 Å². The van der Waals surface area contributed by atoms with E-state index >= 15 is 0 Å². The lowest BCUT2D eigenvalue weighted by Crippen LogP contribution is -2.05. The van der Waals surface area contributed by atoms with E-state index in [9.17, 15) is 10.2 Å². The van der Waals surface area contributed by atoms with Gasteiger partial charge in [-0.15, -0.1) is 0 Å². The van der Waals surface area contributed by atoms with Gasteiger partial charge in [-0.25, -0.2) is 0 Å². The number of aromatic hydroxyl groups is 2. The van der Waals surface area contributed by atoms with E-state index in [4.69, 9.17) is 0 Å². The largest absolute Gasteiger partial charge is 0.508 e. The molecule has 0 aliphatic rings. The van der Waals surface area contributed by atoms with E-state index in [1.165, 1.54) is 4.90 Å². The Labute approximate surface area is 139 Å². The molecule has 1 atom stereocenters. The van der Waals surface area contributed by atoms with Gasteiger partial charge in [0.05, 0.1) is 10.9 Å². The van der Waals surface area contributed by atoms with Crippen LogP contribution in [-0.2, 0) is 10.9 Å². The zero-order chi connectivity index (χ0) is 16.4. The lowest BCUT2D eigenvalue weighted by Gasteiger charge is -2.11. The molecule has 0 bridgehead atoms. The summed E-state index contributed by atoms with van der Waals surface area (Å²) in [5.41, 5.74) is 1.76. The molecule has 2 nitrogen and oxygen atoms in total. The minimum atomic E-state index is -0.274. The first-order chi connectivity index (χ1) is 11.1. The Balaban J connectivity index is 2.18. The average Bonchev–Trinajstić information content (AvgIpc) is 2.55. The summed E-state index contributed by atoms with van der Waals surface area (Å²) in [4.78, 5) is 3.51. The van der Waals surface area contributed by atoms with E-state index in [0.29, 0.717) is 5.75 Å². The van der Waals surface area contributed by atoms with Crippen LogP contribution in [-0.4, -0.2) is 10.2 Å². The molecule has 0 aliphatic heterocycles. The van der Waals surface area contributed by atoms with Gasteiger partial charge >= 0.3 is 0 Å². The van der Waals surface area contributed by atoms with Crippen molar-refractivity contribution in [2.75, 3.05) is 0 Å². The quantitative estimate of drug-likeness (QED) is 0.679. The summed E-state index contributed by atoms with van der Waals surface area (Å²) in [5.74, 6) is 0.625.